The molecule has 0 bridgehead atoms. The second kappa shape index (κ2) is 7.34. The van der Waals surface area contributed by atoms with E-state index in [1.54, 1.807) is 19.1 Å². The van der Waals surface area contributed by atoms with Gasteiger partial charge in [0.05, 0.1) is 10.5 Å². The van der Waals surface area contributed by atoms with E-state index in [1.807, 2.05) is 6.07 Å². The number of hydrogen-bond acceptors (Lipinski definition) is 4. The fourth-order valence-corrected chi connectivity index (χ4v) is 2.70. The van der Waals surface area contributed by atoms with Crippen LogP contribution in [0.2, 0.25) is 0 Å². The van der Waals surface area contributed by atoms with E-state index in [4.69, 9.17) is 11.0 Å². The lowest BCUT2D eigenvalue weighted by atomic mass is 10.1. The summed E-state index contributed by atoms with van der Waals surface area (Å²) >= 11 is 0. The lowest BCUT2D eigenvalue weighted by Gasteiger charge is -2.08. The Bertz CT molecular complexity index is 538. The third kappa shape index (κ3) is 3.96. The Morgan fingerprint density at radius 3 is 2.67 bits per heavy atom. The average Bonchev–Trinajstić information content (AvgIpc) is 2.29. The van der Waals surface area contributed by atoms with Crippen LogP contribution in [0.1, 0.15) is 17.5 Å². The zero-order valence-corrected chi connectivity index (χ0v) is 11.6. The summed E-state index contributed by atoms with van der Waals surface area (Å²) in [6.07, 6.45) is 0.562. The number of nitriles is 1. The van der Waals surface area contributed by atoms with Crippen molar-refractivity contribution >= 4 is 22.4 Å². The Hall–Kier alpha value is -1.13. The van der Waals surface area contributed by atoms with Gasteiger partial charge in [0.1, 0.15) is 6.07 Å². The van der Waals surface area contributed by atoms with Crippen LogP contribution < -0.4 is 10.5 Å². The predicted molar refractivity (Wildman–Crippen MR) is 72.0 cm³/mol. The Kier molecular flexibility index (Phi) is 6.88. The first kappa shape index (κ1) is 16.9. The minimum atomic E-state index is -3.63. The summed E-state index contributed by atoms with van der Waals surface area (Å²) in [5.74, 6) is 0. The van der Waals surface area contributed by atoms with E-state index in [9.17, 15) is 8.42 Å². The maximum absolute atomic E-state index is 11.9. The second-order valence-electron chi connectivity index (χ2n) is 3.60. The standard InChI is InChI=1S/C11H15N3O2S.ClH/c1-9-4-2-5-11(10(9)8-13)17(15,16)14-7-3-6-12;/h2,4-5,14H,3,6-7,12H2,1H3;1H. The number of hydrogen-bond donors (Lipinski definition) is 2. The minimum absolute atomic E-state index is 0. The first-order valence-corrected chi connectivity index (χ1v) is 6.70. The molecule has 0 aromatic heterocycles. The molecular weight excluding hydrogens is 274 g/mol. The van der Waals surface area contributed by atoms with Crippen LogP contribution in [0, 0.1) is 18.3 Å². The van der Waals surface area contributed by atoms with Crippen molar-refractivity contribution in [3.05, 3.63) is 29.3 Å². The highest BCUT2D eigenvalue weighted by Crippen LogP contribution is 2.18. The molecule has 0 unspecified atom stereocenters. The Morgan fingerprint density at radius 2 is 2.11 bits per heavy atom. The lowest BCUT2D eigenvalue weighted by Crippen LogP contribution is -2.27. The van der Waals surface area contributed by atoms with Crippen LogP contribution in [0.4, 0.5) is 0 Å². The maximum atomic E-state index is 11.9. The van der Waals surface area contributed by atoms with Gasteiger partial charge in [-0.05, 0) is 31.5 Å². The van der Waals surface area contributed by atoms with Crippen LogP contribution >= 0.6 is 12.4 Å². The van der Waals surface area contributed by atoms with Crippen LogP contribution in [0.15, 0.2) is 23.1 Å². The molecule has 7 heteroatoms. The lowest BCUT2D eigenvalue weighted by molar-refractivity contribution is 0.579. The number of halogens is 1. The van der Waals surface area contributed by atoms with Gasteiger partial charge in [0.2, 0.25) is 10.0 Å². The third-order valence-corrected chi connectivity index (χ3v) is 3.81. The van der Waals surface area contributed by atoms with Crippen molar-refractivity contribution < 1.29 is 8.42 Å². The number of benzene rings is 1. The summed E-state index contributed by atoms with van der Waals surface area (Å²) in [7, 11) is -3.63. The minimum Gasteiger partial charge on any atom is -0.330 e. The van der Waals surface area contributed by atoms with E-state index in [2.05, 4.69) is 4.72 Å². The van der Waals surface area contributed by atoms with Gasteiger partial charge < -0.3 is 5.73 Å². The summed E-state index contributed by atoms with van der Waals surface area (Å²) in [5.41, 5.74) is 6.12. The van der Waals surface area contributed by atoms with Gasteiger partial charge in [-0.25, -0.2) is 13.1 Å². The highest BCUT2D eigenvalue weighted by atomic mass is 35.5. The van der Waals surface area contributed by atoms with Crippen molar-refractivity contribution in [1.29, 1.82) is 5.26 Å². The molecule has 1 rings (SSSR count). The highest BCUT2D eigenvalue weighted by Gasteiger charge is 2.18. The molecule has 1 aromatic carbocycles. The summed E-state index contributed by atoms with van der Waals surface area (Å²) in [6, 6.07) is 6.67. The summed E-state index contributed by atoms with van der Waals surface area (Å²) in [6.45, 7) is 2.40. The first-order valence-electron chi connectivity index (χ1n) is 5.22. The van der Waals surface area contributed by atoms with Crippen molar-refractivity contribution in [2.24, 2.45) is 5.73 Å². The molecule has 0 heterocycles. The fraction of sp³-hybridized carbons (Fsp3) is 0.364. The van der Waals surface area contributed by atoms with Gasteiger partial charge in [0.15, 0.2) is 0 Å². The molecule has 18 heavy (non-hydrogen) atoms. The molecule has 0 atom stereocenters. The Labute approximate surface area is 113 Å². The van der Waals surface area contributed by atoms with Crippen molar-refractivity contribution in [2.45, 2.75) is 18.2 Å². The van der Waals surface area contributed by atoms with E-state index in [1.165, 1.54) is 6.07 Å². The van der Waals surface area contributed by atoms with Crippen molar-refractivity contribution in [2.75, 3.05) is 13.1 Å². The maximum Gasteiger partial charge on any atom is 0.241 e. The van der Waals surface area contributed by atoms with Crippen molar-refractivity contribution in [3.8, 4) is 6.07 Å². The predicted octanol–water partition coefficient (Wildman–Crippen LogP) is 0.916. The van der Waals surface area contributed by atoms with Crippen molar-refractivity contribution in [1.82, 2.24) is 4.72 Å². The molecule has 1 aromatic rings. The molecule has 0 saturated carbocycles. The van der Waals surface area contributed by atoms with Gasteiger partial charge in [0, 0.05) is 6.54 Å². The van der Waals surface area contributed by atoms with Crippen LogP contribution in [-0.4, -0.2) is 21.5 Å². The smallest absolute Gasteiger partial charge is 0.241 e. The average molecular weight is 290 g/mol. The number of nitrogens with one attached hydrogen (secondary N) is 1. The summed E-state index contributed by atoms with van der Waals surface area (Å²) in [5, 5.41) is 8.97. The third-order valence-electron chi connectivity index (χ3n) is 2.31. The van der Waals surface area contributed by atoms with E-state index >= 15 is 0 Å². The monoisotopic (exact) mass is 289 g/mol. The molecule has 5 nitrogen and oxygen atoms in total. The van der Waals surface area contributed by atoms with E-state index in [0.29, 0.717) is 18.5 Å². The summed E-state index contributed by atoms with van der Waals surface area (Å²) in [4.78, 5) is 0.0250. The second-order valence-corrected chi connectivity index (χ2v) is 5.34. The first-order chi connectivity index (χ1) is 8.03. The zero-order chi connectivity index (χ0) is 12.9. The molecule has 0 aliphatic heterocycles. The molecular formula is C11H16ClN3O2S. The number of sulfonamides is 1. The molecule has 0 aliphatic carbocycles. The molecule has 0 spiro atoms. The number of nitrogens with two attached hydrogens (primary N) is 1. The Balaban J connectivity index is 0.00000289. The van der Waals surface area contributed by atoms with Crippen LogP contribution in [-0.2, 0) is 10.0 Å². The molecule has 3 N–H and O–H groups in total. The molecule has 0 amide bonds. The topological polar surface area (TPSA) is 96.0 Å². The summed E-state index contributed by atoms with van der Waals surface area (Å²) < 4.78 is 26.3. The van der Waals surface area contributed by atoms with Gasteiger partial charge in [-0.1, -0.05) is 12.1 Å². The molecule has 0 aliphatic rings. The largest absolute Gasteiger partial charge is 0.330 e. The van der Waals surface area contributed by atoms with E-state index in [-0.39, 0.29) is 29.4 Å². The SMILES string of the molecule is Cc1cccc(S(=O)(=O)NCCCN)c1C#N.Cl. The Morgan fingerprint density at radius 1 is 1.44 bits per heavy atom. The number of rotatable bonds is 5. The van der Waals surface area contributed by atoms with Gasteiger partial charge in [-0.15, -0.1) is 12.4 Å². The fourth-order valence-electron chi connectivity index (χ4n) is 1.39. The number of aryl methyl sites for hydroxylation is 1. The molecule has 0 saturated heterocycles. The van der Waals surface area contributed by atoms with Gasteiger partial charge in [0.25, 0.3) is 0 Å². The number of nitrogens with zero attached hydrogens (tertiary/aromatic N) is 1. The molecule has 100 valence electrons. The molecule has 0 fully saturated rings. The van der Waals surface area contributed by atoms with Crippen molar-refractivity contribution in [3.63, 3.8) is 0 Å². The quantitative estimate of drug-likeness (QED) is 0.788. The van der Waals surface area contributed by atoms with Crippen LogP contribution in [0.3, 0.4) is 0 Å². The zero-order valence-electron chi connectivity index (χ0n) is 10.0. The molecule has 0 radical (unpaired) electrons. The normalized spacial score (nSPS) is 10.5. The van der Waals surface area contributed by atoms with Crippen LogP contribution in [0.25, 0.3) is 0 Å². The van der Waals surface area contributed by atoms with E-state index < -0.39 is 10.0 Å². The highest BCUT2D eigenvalue weighted by molar-refractivity contribution is 7.89. The van der Waals surface area contributed by atoms with Gasteiger partial charge >= 0.3 is 0 Å². The van der Waals surface area contributed by atoms with E-state index in [0.717, 1.165) is 0 Å². The van der Waals surface area contributed by atoms with Crippen LogP contribution in [0.5, 0.6) is 0 Å². The van der Waals surface area contributed by atoms with Gasteiger partial charge in [-0.3, -0.25) is 0 Å². The van der Waals surface area contributed by atoms with Gasteiger partial charge in [-0.2, -0.15) is 5.26 Å².